The van der Waals surface area contributed by atoms with Gasteiger partial charge in [-0.15, -0.1) is 0 Å². The SMILES string of the molecule is COc1ccc(OC)c(Nc2ccnc(C(=O)Nc3ccccc3C#N)c2)c1. The van der Waals surface area contributed by atoms with Crippen LogP contribution in [0.3, 0.4) is 0 Å². The minimum absolute atomic E-state index is 0.208. The number of carbonyl (C=O) groups is 1. The molecular weight excluding hydrogens is 356 g/mol. The predicted molar refractivity (Wildman–Crippen MR) is 106 cm³/mol. The van der Waals surface area contributed by atoms with E-state index in [4.69, 9.17) is 14.7 Å². The zero-order valence-corrected chi connectivity index (χ0v) is 15.4. The fraction of sp³-hybridized carbons (Fsp3) is 0.0952. The summed E-state index contributed by atoms with van der Waals surface area (Å²) in [4.78, 5) is 16.7. The molecule has 3 rings (SSSR count). The molecule has 0 aliphatic rings. The molecule has 140 valence electrons. The molecule has 28 heavy (non-hydrogen) atoms. The van der Waals surface area contributed by atoms with Gasteiger partial charge in [0.2, 0.25) is 0 Å². The number of anilines is 3. The van der Waals surface area contributed by atoms with Crippen molar-refractivity contribution in [1.29, 1.82) is 5.26 Å². The van der Waals surface area contributed by atoms with Crippen molar-refractivity contribution in [2.45, 2.75) is 0 Å². The van der Waals surface area contributed by atoms with Crippen LogP contribution in [-0.4, -0.2) is 25.1 Å². The van der Waals surface area contributed by atoms with Gasteiger partial charge in [0.15, 0.2) is 0 Å². The van der Waals surface area contributed by atoms with E-state index in [-0.39, 0.29) is 5.69 Å². The third kappa shape index (κ3) is 4.19. The highest BCUT2D eigenvalue weighted by Gasteiger charge is 2.12. The molecule has 0 radical (unpaired) electrons. The Morgan fingerprint density at radius 3 is 2.61 bits per heavy atom. The minimum Gasteiger partial charge on any atom is -0.497 e. The normalized spacial score (nSPS) is 9.89. The quantitative estimate of drug-likeness (QED) is 0.678. The van der Waals surface area contributed by atoms with Gasteiger partial charge in [0, 0.05) is 18.0 Å². The maximum absolute atomic E-state index is 12.6. The molecule has 0 atom stereocenters. The van der Waals surface area contributed by atoms with Crippen molar-refractivity contribution in [1.82, 2.24) is 4.98 Å². The van der Waals surface area contributed by atoms with E-state index in [1.807, 2.05) is 6.07 Å². The molecule has 0 bridgehead atoms. The maximum Gasteiger partial charge on any atom is 0.274 e. The molecule has 0 aliphatic heterocycles. The highest BCUT2D eigenvalue weighted by molar-refractivity contribution is 6.04. The van der Waals surface area contributed by atoms with Gasteiger partial charge in [0.05, 0.1) is 31.2 Å². The number of ether oxygens (including phenoxy) is 2. The Kier molecular flexibility index (Phi) is 5.72. The predicted octanol–water partition coefficient (Wildman–Crippen LogP) is 3.97. The van der Waals surface area contributed by atoms with Crippen LogP contribution in [0.2, 0.25) is 0 Å². The first-order valence-electron chi connectivity index (χ1n) is 8.40. The fourth-order valence-electron chi connectivity index (χ4n) is 2.58. The third-order valence-electron chi connectivity index (χ3n) is 3.97. The lowest BCUT2D eigenvalue weighted by atomic mass is 10.2. The first kappa shape index (κ1) is 18.7. The number of pyridine rings is 1. The number of nitrogens with zero attached hydrogens (tertiary/aromatic N) is 2. The topological polar surface area (TPSA) is 96.3 Å². The van der Waals surface area contributed by atoms with E-state index in [0.717, 1.165) is 0 Å². The molecule has 1 amide bonds. The number of methoxy groups -OCH3 is 2. The number of nitrogens with one attached hydrogen (secondary N) is 2. The van der Waals surface area contributed by atoms with Crippen LogP contribution in [0.4, 0.5) is 17.1 Å². The zero-order chi connectivity index (χ0) is 19.9. The van der Waals surface area contributed by atoms with E-state index < -0.39 is 5.91 Å². The van der Waals surface area contributed by atoms with Gasteiger partial charge in [-0.05, 0) is 36.4 Å². The Morgan fingerprint density at radius 1 is 1.04 bits per heavy atom. The van der Waals surface area contributed by atoms with Crippen molar-refractivity contribution in [2.24, 2.45) is 0 Å². The molecule has 7 heteroatoms. The lowest BCUT2D eigenvalue weighted by Crippen LogP contribution is -2.14. The summed E-state index contributed by atoms with van der Waals surface area (Å²) in [5.74, 6) is 0.888. The third-order valence-corrected chi connectivity index (χ3v) is 3.97. The van der Waals surface area contributed by atoms with Crippen molar-refractivity contribution in [2.75, 3.05) is 24.9 Å². The summed E-state index contributed by atoms with van der Waals surface area (Å²) in [6.07, 6.45) is 1.53. The molecule has 0 saturated carbocycles. The standard InChI is InChI=1S/C21H18N4O3/c1-27-16-7-8-20(28-2)18(12-16)24-15-9-10-23-19(11-15)21(26)25-17-6-4-3-5-14(17)13-22/h3-12H,1-2H3,(H,23,24)(H,25,26). The van der Waals surface area contributed by atoms with E-state index in [9.17, 15) is 4.79 Å². The Labute approximate surface area is 162 Å². The second-order valence-electron chi connectivity index (χ2n) is 5.73. The molecule has 1 heterocycles. The number of hydrogen-bond donors (Lipinski definition) is 2. The van der Waals surface area contributed by atoms with Gasteiger partial charge < -0.3 is 20.1 Å². The maximum atomic E-state index is 12.6. The number of nitriles is 1. The van der Waals surface area contributed by atoms with Crippen molar-refractivity contribution in [3.05, 3.63) is 72.1 Å². The molecule has 2 N–H and O–H groups in total. The van der Waals surface area contributed by atoms with Gasteiger partial charge in [-0.2, -0.15) is 5.26 Å². The Hall–Kier alpha value is -4.05. The smallest absolute Gasteiger partial charge is 0.274 e. The van der Waals surface area contributed by atoms with E-state index >= 15 is 0 Å². The lowest BCUT2D eigenvalue weighted by molar-refractivity contribution is 0.102. The molecule has 0 spiro atoms. The highest BCUT2D eigenvalue weighted by Crippen LogP contribution is 2.31. The summed E-state index contributed by atoms with van der Waals surface area (Å²) in [6, 6.07) is 17.6. The van der Waals surface area contributed by atoms with Crippen LogP contribution in [0.15, 0.2) is 60.8 Å². The van der Waals surface area contributed by atoms with Crippen LogP contribution in [0, 0.1) is 11.3 Å². The number of benzene rings is 2. The average molecular weight is 374 g/mol. The van der Waals surface area contributed by atoms with Crippen molar-refractivity contribution in [3.8, 4) is 17.6 Å². The Morgan fingerprint density at radius 2 is 1.86 bits per heavy atom. The summed E-state index contributed by atoms with van der Waals surface area (Å²) < 4.78 is 10.6. The van der Waals surface area contributed by atoms with Crippen LogP contribution in [0.5, 0.6) is 11.5 Å². The van der Waals surface area contributed by atoms with Crippen LogP contribution >= 0.6 is 0 Å². The molecule has 7 nitrogen and oxygen atoms in total. The average Bonchev–Trinajstić information content (AvgIpc) is 2.74. The van der Waals surface area contributed by atoms with Crippen LogP contribution < -0.4 is 20.1 Å². The number of hydrogen-bond acceptors (Lipinski definition) is 6. The van der Waals surface area contributed by atoms with Gasteiger partial charge >= 0.3 is 0 Å². The molecule has 0 saturated heterocycles. The number of amides is 1. The van der Waals surface area contributed by atoms with Crippen molar-refractivity contribution in [3.63, 3.8) is 0 Å². The summed E-state index contributed by atoms with van der Waals surface area (Å²) in [6.45, 7) is 0. The zero-order valence-electron chi connectivity index (χ0n) is 15.4. The monoisotopic (exact) mass is 374 g/mol. The second-order valence-corrected chi connectivity index (χ2v) is 5.73. The molecule has 3 aromatic rings. The van der Waals surface area contributed by atoms with E-state index in [0.29, 0.717) is 34.1 Å². The largest absolute Gasteiger partial charge is 0.497 e. The highest BCUT2D eigenvalue weighted by atomic mass is 16.5. The molecular formula is C21H18N4O3. The first-order valence-corrected chi connectivity index (χ1v) is 8.40. The van der Waals surface area contributed by atoms with Crippen molar-refractivity contribution >= 4 is 23.0 Å². The number of carbonyl (C=O) groups excluding carboxylic acids is 1. The number of rotatable bonds is 6. The molecule has 0 aliphatic carbocycles. The summed E-state index contributed by atoms with van der Waals surface area (Å²) >= 11 is 0. The van der Waals surface area contributed by atoms with Gasteiger partial charge in [0.1, 0.15) is 23.3 Å². The summed E-state index contributed by atoms with van der Waals surface area (Å²) in [5, 5.41) is 15.1. The van der Waals surface area contributed by atoms with E-state index in [2.05, 4.69) is 15.6 Å². The van der Waals surface area contributed by atoms with Crippen LogP contribution in [0.25, 0.3) is 0 Å². The Bertz CT molecular complexity index is 1040. The van der Waals surface area contributed by atoms with E-state index in [1.165, 1.54) is 6.20 Å². The summed E-state index contributed by atoms with van der Waals surface area (Å²) in [5.41, 5.74) is 2.37. The fourth-order valence-corrected chi connectivity index (χ4v) is 2.58. The lowest BCUT2D eigenvalue weighted by Gasteiger charge is -2.13. The van der Waals surface area contributed by atoms with Gasteiger partial charge in [-0.1, -0.05) is 12.1 Å². The number of para-hydroxylation sites is 1. The first-order chi connectivity index (χ1) is 13.6. The second kappa shape index (κ2) is 8.56. The van der Waals surface area contributed by atoms with Gasteiger partial charge in [0.25, 0.3) is 5.91 Å². The van der Waals surface area contributed by atoms with Crippen LogP contribution in [0.1, 0.15) is 16.1 Å². The van der Waals surface area contributed by atoms with E-state index in [1.54, 1.807) is 68.8 Å². The molecule has 1 aromatic heterocycles. The van der Waals surface area contributed by atoms with Gasteiger partial charge in [-0.25, -0.2) is 0 Å². The molecule has 0 fully saturated rings. The molecule has 0 unspecified atom stereocenters. The number of aromatic nitrogens is 1. The molecule has 2 aromatic carbocycles. The van der Waals surface area contributed by atoms with Gasteiger partial charge in [-0.3, -0.25) is 9.78 Å². The summed E-state index contributed by atoms with van der Waals surface area (Å²) in [7, 11) is 3.16. The van der Waals surface area contributed by atoms with Crippen LogP contribution in [-0.2, 0) is 0 Å². The van der Waals surface area contributed by atoms with Crippen molar-refractivity contribution < 1.29 is 14.3 Å². The minimum atomic E-state index is -0.413. The Balaban J connectivity index is 1.83.